The smallest absolute Gasteiger partial charge is 0.340 e. The van der Waals surface area contributed by atoms with Gasteiger partial charge in [0.05, 0.1) is 41.7 Å². The Labute approximate surface area is 212 Å². The molecule has 3 rings (SSSR count). The van der Waals surface area contributed by atoms with E-state index < -0.39 is 13.3 Å². The van der Waals surface area contributed by atoms with Crippen molar-refractivity contribution >= 4 is 53.2 Å². The number of ether oxygens (including phenoxy) is 2. The molecule has 3 aromatic rings. The second kappa shape index (κ2) is 12.6. The minimum Gasteiger partial charge on any atom is -0.493 e. The first-order valence-electron chi connectivity index (χ1n) is 10.8. The average molecular weight is 545 g/mol. The third-order valence-electron chi connectivity index (χ3n) is 5.06. The number of unbranched alkanes of at least 4 members (excludes halogenated alkanes) is 2. The second-order valence-corrected chi connectivity index (χ2v) is 10.4. The lowest BCUT2D eigenvalue weighted by atomic mass is 10.1. The van der Waals surface area contributed by atoms with Crippen molar-refractivity contribution in [3.8, 4) is 11.5 Å². The van der Waals surface area contributed by atoms with Crippen LogP contribution < -0.4 is 30.6 Å². The van der Waals surface area contributed by atoms with Gasteiger partial charge in [-0.2, -0.15) is 0 Å². The van der Waals surface area contributed by atoms with Crippen molar-refractivity contribution in [2.45, 2.75) is 19.3 Å². The van der Waals surface area contributed by atoms with Crippen molar-refractivity contribution in [1.82, 2.24) is 15.2 Å². The molecule has 0 atom stereocenters. The molecule has 190 valence electrons. The standard InChI is InChI=1S/C22H27Cl2N4O6P/c1-25-35(30,26-2)33-10-6-4-5-9-32-22-18(31-3)8-7-14-17(11-19(29)34-21(14)22)28-20-15(23)12-27-13-16(20)24/h7-8,11-13H,4-6,9-10H2,1-3H3,(H,27,28)(H2,25,26,30). The topological polar surface area (TPSA) is 124 Å². The molecule has 13 heteroatoms. The minimum absolute atomic E-state index is 0.230. The Morgan fingerprint density at radius 1 is 1.06 bits per heavy atom. The molecule has 10 nitrogen and oxygen atoms in total. The Bertz CT molecular complexity index is 1240. The summed E-state index contributed by atoms with van der Waals surface area (Å²) in [5.41, 5.74) is 0.495. The summed E-state index contributed by atoms with van der Waals surface area (Å²) in [5, 5.41) is 9.54. The van der Waals surface area contributed by atoms with Crippen LogP contribution in [0.15, 0.2) is 39.8 Å². The molecule has 2 aromatic heterocycles. The van der Waals surface area contributed by atoms with Crippen LogP contribution in [0.3, 0.4) is 0 Å². The molecule has 0 radical (unpaired) electrons. The third-order valence-corrected chi connectivity index (χ3v) is 7.36. The average Bonchev–Trinajstić information content (AvgIpc) is 2.85. The molecule has 0 bridgehead atoms. The summed E-state index contributed by atoms with van der Waals surface area (Å²) in [4.78, 5) is 16.3. The normalized spacial score (nSPS) is 11.6. The van der Waals surface area contributed by atoms with Crippen LogP contribution >= 0.6 is 30.9 Å². The molecule has 0 aliphatic heterocycles. The molecule has 0 aliphatic rings. The molecule has 1 aromatic carbocycles. The summed E-state index contributed by atoms with van der Waals surface area (Å²) < 4.78 is 34.3. The first-order chi connectivity index (χ1) is 16.8. The van der Waals surface area contributed by atoms with Gasteiger partial charge in [0.15, 0.2) is 11.3 Å². The van der Waals surface area contributed by atoms with E-state index in [9.17, 15) is 9.36 Å². The Morgan fingerprint density at radius 2 is 1.74 bits per heavy atom. The number of anilines is 2. The van der Waals surface area contributed by atoms with E-state index in [4.69, 9.17) is 41.6 Å². The zero-order valence-corrected chi connectivity index (χ0v) is 21.9. The van der Waals surface area contributed by atoms with Gasteiger partial charge >= 0.3 is 13.3 Å². The largest absolute Gasteiger partial charge is 0.493 e. The van der Waals surface area contributed by atoms with Crippen LogP contribution in [0.25, 0.3) is 11.0 Å². The van der Waals surface area contributed by atoms with Gasteiger partial charge in [-0.3, -0.25) is 9.55 Å². The van der Waals surface area contributed by atoms with Crippen molar-refractivity contribution < 1.29 is 23.0 Å². The Hall–Kier alpha value is -2.33. The van der Waals surface area contributed by atoms with Gasteiger partial charge in [-0.1, -0.05) is 23.2 Å². The molecule has 0 fully saturated rings. The molecule has 0 amide bonds. The van der Waals surface area contributed by atoms with E-state index >= 15 is 0 Å². The van der Waals surface area contributed by atoms with E-state index in [0.717, 1.165) is 6.42 Å². The molecule has 0 unspecified atom stereocenters. The lowest BCUT2D eigenvalue weighted by Crippen LogP contribution is -2.18. The number of nitrogens with one attached hydrogen (secondary N) is 3. The van der Waals surface area contributed by atoms with E-state index in [-0.39, 0.29) is 5.58 Å². The maximum absolute atomic E-state index is 12.4. The van der Waals surface area contributed by atoms with Gasteiger partial charge in [0.2, 0.25) is 5.75 Å². The monoisotopic (exact) mass is 544 g/mol. The number of pyridine rings is 1. The third kappa shape index (κ3) is 6.88. The van der Waals surface area contributed by atoms with Gasteiger partial charge in [-0.05, 0) is 45.5 Å². The Kier molecular flexibility index (Phi) is 9.80. The van der Waals surface area contributed by atoms with E-state index in [0.29, 0.717) is 64.4 Å². The van der Waals surface area contributed by atoms with E-state index in [2.05, 4.69) is 20.5 Å². The molecule has 0 saturated heterocycles. The molecule has 2 heterocycles. The molecule has 3 N–H and O–H groups in total. The van der Waals surface area contributed by atoms with Crippen LogP contribution in [0.5, 0.6) is 11.5 Å². The highest BCUT2D eigenvalue weighted by atomic mass is 35.5. The molecular formula is C22H27Cl2N4O6P. The summed E-state index contributed by atoms with van der Waals surface area (Å²) >= 11 is 12.4. The molecule has 0 saturated carbocycles. The van der Waals surface area contributed by atoms with E-state index in [1.807, 2.05) is 0 Å². The fraction of sp³-hybridized carbons (Fsp3) is 0.364. The number of fused-ring (bicyclic) bond motifs is 1. The maximum Gasteiger partial charge on any atom is 0.340 e. The van der Waals surface area contributed by atoms with Crippen LogP contribution in [0.4, 0.5) is 11.4 Å². The number of halogens is 2. The molecule has 35 heavy (non-hydrogen) atoms. The fourth-order valence-corrected chi connectivity index (χ4v) is 4.57. The summed E-state index contributed by atoms with van der Waals surface area (Å²) in [6.07, 6.45) is 5.05. The van der Waals surface area contributed by atoms with Gasteiger partial charge in [-0.15, -0.1) is 0 Å². The van der Waals surface area contributed by atoms with Crippen molar-refractivity contribution in [3.05, 3.63) is 51.1 Å². The van der Waals surface area contributed by atoms with Crippen LogP contribution in [0.2, 0.25) is 10.0 Å². The first-order valence-corrected chi connectivity index (χ1v) is 13.2. The van der Waals surface area contributed by atoms with Crippen molar-refractivity contribution in [2.75, 3.05) is 39.7 Å². The molecular weight excluding hydrogens is 518 g/mol. The maximum atomic E-state index is 12.4. The highest BCUT2D eigenvalue weighted by Gasteiger charge is 2.18. The van der Waals surface area contributed by atoms with Crippen LogP contribution in [-0.2, 0) is 9.09 Å². The minimum atomic E-state index is -2.98. The van der Waals surface area contributed by atoms with Gasteiger partial charge in [0.25, 0.3) is 0 Å². The first kappa shape index (κ1) is 27.3. The number of methoxy groups -OCH3 is 1. The van der Waals surface area contributed by atoms with Crippen molar-refractivity contribution in [1.29, 1.82) is 0 Å². The summed E-state index contributed by atoms with van der Waals surface area (Å²) in [7, 11) is 1.67. The number of nitrogens with zero attached hydrogens (tertiary/aromatic N) is 1. The summed E-state index contributed by atoms with van der Waals surface area (Å²) in [5.74, 6) is 0.730. The predicted molar refractivity (Wildman–Crippen MR) is 138 cm³/mol. The highest BCUT2D eigenvalue weighted by Crippen LogP contribution is 2.40. The lowest BCUT2D eigenvalue weighted by molar-refractivity contribution is 0.266. The summed E-state index contributed by atoms with van der Waals surface area (Å²) in [6.45, 7) is 0.676. The van der Waals surface area contributed by atoms with Crippen molar-refractivity contribution in [3.63, 3.8) is 0 Å². The van der Waals surface area contributed by atoms with Gasteiger partial charge in [-0.25, -0.2) is 15.0 Å². The lowest BCUT2D eigenvalue weighted by Gasteiger charge is -2.16. The number of hydrogen-bond acceptors (Lipinski definition) is 8. The number of hydrogen-bond donors (Lipinski definition) is 3. The molecule has 0 spiro atoms. The number of benzene rings is 1. The van der Waals surface area contributed by atoms with E-state index in [1.54, 1.807) is 26.2 Å². The van der Waals surface area contributed by atoms with Crippen LogP contribution in [0.1, 0.15) is 19.3 Å². The van der Waals surface area contributed by atoms with Crippen LogP contribution in [0, 0.1) is 0 Å². The van der Waals surface area contributed by atoms with Gasteiger partial charge in [0, 0.05) is 23.8 Å². The number of aromatic nitrogens is 1. The van der Waals surface area contributed by atoms with Crippen LogP contribution in [-0.4, -0.2) is 39.4 Å². The van der Waals surface area contributed by atoms with E-state index in [1.165, 1.54) is 25.6 Å². The quantitative estimate of drug-likeness (QED) is 0.147. The SMILES string of the molecule is CNP(=O)(NC)OCCCCCOc1c(OC)ccc2c(Nc3c(Cl)cncc3Cl)cc(=O)oc12. The zero-order chi connectivity index (χ0) is 25.4. The molecule has 0 aliphatic carbocycles. The fourth-order valence-electron chi connectivity index (χ4n) is 3.24. The Morgan fingerprint density at radius 3 is 2.40 bits per heavy atom. The second-order valence-electron chi connectivity index (χ2n) is 7.30. The Balaban J connectivity index is 1.75. The zero-order valence-electron chi connectivity index (χ0n) is 19.5. The van der Waals surface area contributed by atoms with Crippen molar-refractivity contribution in [2.24, 2.45) is 0 Å². The van der Waals surface area contributed by atoms with Gasteiger partial charge < -0.3 is 23.7 Å². The summed E-state index contributed by atoms with van der Waals surface area (Å²) in [6, 6.07) is 4.77. The van der Waals surface area contributed by atoms with Gasteiger partial charge in [0.1, 0.15) is 0 Å². The predicted octanol–water partition coefficient (Wildman–Crippen LogP) is 5.36. The highest BCUT2D eigenvalue weighted by molar-refractivity contribution is 7.54. The number of rotatable bonds is 13.